The average molecular weight is 553 g/mol. The van der Waals surface area contributed by atoms with Gasteiger partial charge in [-0.1, -0.05) is 18.2 Å². The van der Waals surface area contributed by atoms with E-state index in [1.165, 1.54) is 23.9 Å². The fourth-order valence-corrected chi connectivity index (χ4v) is 4.53. The van der Waals surface area contributed by atoms with Crippen LogP contribution in [-0.2, 0) is 11.3 Å². The lowest BCUT2D eigenvalue weighted by Gasteiger charge is -2.34. The van der Waals surface area contributed by atoms with E-state index >= 15 is 0 Å². The number of ether oxygens (including phenoxy) is 1. The second-order valence-corrected chi connectivity index (χ2v) is 8.93. The molecule has 0 saturated carbocycles. The van der Waals surface area contributed by atoms with E-state index in [9.17, 15) is 0 Å². The van der Waals surface area contributed by atoms with Crippen molar-refractivity contribution in [1.82, 2.24) is 20.5 Å². The fourth-order valence-electron chi connectivity index (χ4n) is 4.53. The van der Waals surface area contributed by atoms with Gasteiger partial charge in [0.2, 0.25) is 0 Å². The van der Waals surface area contributed by atoms with Crippen LogP contribution < -0.4 is 15.5 Å². The first-order chi connectivity index (χ1) is 15.1. The fraction of sp³-hybridized carbons (Fsp3) is 0.583. The van der Waals surface area contributed by atoms with Gasteiger partial charge in [-0.15, -0.1) is 24.0 Å². The van der Waals surface area contributed by atoms with Crippen LogP contribution in [0.5, 0.6) is 0 Å². The summed E-state index contributed by atoms with van der Waals surface area (Å²) in [5.41, 5.74) is 2.25. The molecule has 1 unspecified atom stereocenters. The highest BCUT2D eigenvalue weighted by Crippen LogP contribution is 2.22. The standard InChI is InChI=1S/C24H36N6O.HI/c1-25-24(27-20-8-11-30(12-9-20)16-18-10-13-31-17-18)26-15-19-14-23(29(2)3)28-22-7-5-4-6-21(19)22;/h4-7,14,18,20H,8-13,15-17H2,1-3H3,(H2,25,26,27);1H. The molecular weight excluding hydrogens is 515 g/mol. The molecule has 1 aromatic heterocycles. The first-order valence-electron chi connectivity index (χ1n) is 11.5. The number of anilines is 1. The van der Waals surface area contributed by atoms with Gasteiger partial charge in [0.05, 0.1) is 12.1 Å². The number of benzene rings is 1. The van der Waals surface area contributed by atoms with Gasteiger partial charge >= 0.3 is 0 Å². The summed E-state index contributed by atoms with van der Waals surface area (Å²) in [5.74, 6) is 2.56. The van der Waals surface area contributed by atoms with E-state index in [2.05, 4.69) is 49.7 Å². The lowest BCUT2D eigenvalue weighted by molar-refractivity contribution is 0.150. The van der Waals surface area contributed by atoms with Gasteiger partial charge in [0.1, 0.15) is 5.82 Å². The van der Waals surface area contributed by atoms with Crippen LogP contribution in [-0.4, -0.2) is 75.9 Å². The Morgan fingerprint density at radius 2 is 2.00 bits per heavy atom. The minimum Gasteiger partial charge on any atom is -0.381 e. The Morgan fingerprint density at radius 3 is 2.69 bits per heavy atom. The van der Waals surface area contributed by atoms with Crippen LogP contribution >= 0.6 is 24.0 Å². The SMILES string of the molecule is CN=C(NCc1cc(N(C)C)nc2ccccc12)NC1CCN(CC2CCOC2)CC1.I. The number of nitrogens with zero attached hydrogens (tertiary/aromatic N) is 4. The third-order valence-electron chi connectivity index (χ3n) is 6.39. The van der Waals surface area contributed by atoms with Crippen LogP contribution in [0.4, 0.5) is 5.82 Å². The molecule has 0 spiro atoms. The van der Waals surface area contributed by atoms with Crippen molar-refractivity contribution in [1.29, 1.82) is 0 Å². The Balaban J connectivity index is 0.00000289. The van der Waals surface area contributed by atoms with E-state index in [-0.39, 0.29) is 24.0 Å². The van der Waals surface area contributed by atoms with E-state index in [0.717, 1.165) is 62.4 Å². The van der Waals surface area contributed by atoms with Crippen LogP contribution in [0.25, 0.3) is 10.9 Å². The number of aromatic nitrogens is 1. The van der Waals surface area contributed by atoms with Gasteiger partial charge in [0, 0.05) is 65.4 Å². The number of guanidine groups is 1. The highest BCUT2D eigenvalue weighted by Gasteiger charge is 2.24. The predicted molar refractivity (Wildman–Crippen MR) is 143 cm³/mol. The largest absolute Gasteiger partial charge is 0.381 e. The molecule has 3 heterocycles. The van der Waals surface area contributed by atoms with E-state index in [1.54, 1.807) is 0 Å². The summed E-state index contributed by atoms with van der Waals surface area (Å²) in [4.78, 5) is 13.9. The molecule has 7 nitrogen and oxygen atoms in total. The van der Waals surface area contributed by atoms with Gasteiger partial charge in [-0.2, -0.15) is 0 Å². The number of nitrogens with one attached hydrogen (secondary N) is 2. The molecule has 2 aliphatic rings. The zero-order chi connectivity index (χ0) is 21.6. The molecule has 2 aromatic rings. The first-order valence-corrected chi connectivity index (χ1v) is 11.5. The second-order valence-electron chi connectivity index (χ2n) is 8.93. The molecule has 32 heavy (non-hydrogen) atoms. The molecule has 4 rings (SSSR count). The number of rotatable bonds is 6. The first kappa shape index (κ1) is 25.0. The lowest BCUT2D eigenvalue weighted by atomic mass is 10.0. The van der Waals surface area contributed by atoms with Crippen molar-refractivity contribution in [3.05, 3.63) is 35.9 Å². The summed E-state index contributed by atoms with van der Waals surface area (Å²) in [5, 5.41) is 8.34. The van der Waals surface area contributed by atoms with Crippen LogP contribution in [0.2, 0.25) is 0 Å². The third-order valence-corrected chi connectivity index (χ3v) is 6.39. The van der Waals surface area contributed by atoms with Gasteiger partial charge in [-0.05, 0) is 42.9 Å². The molecule has 2 fully saturated rings. The Morgan fingerprint density at radius 1 is 1.22 bits per heavy atom. The van der Waals surface area contributed by atoms with Crippen molar-refractivity contribution in [2.45, 2.75) is 31.8 Å². The minimum absolute atomic E-state index is 0. The monoisotopic (exact) mass is 552 g/mol. The maximum Gasteiger partial charge on any atom is 0.191 e. The molecular formula is C24H37IN6O. The van der Waals surface area contributed by atoms with Crippen molar-refractivity contribution in [2.24, 2.45) is 10.9 Å². The van der Waals surface area contributed by atoms with Crippen molar-refractivity contribution in [3.8, 4) is 0 Å². The minimum atomic E-state index is 0. The number of piperidine rings is 1. The van der Waals surface area contributed by atoms with E-state index in [4.69, 9.17) is 9.72 Å². The highest BCUT2D eigenvalue weighted by atomic mass is 127. The molecule has 0 amide bonds. The highest BCUT2D eigenvalue weighted by molar-refractivity contribution is 14.0. The molecule has 1 atom stereocenters. The maximum atomic E-state index is 5.53. The topological polar surface area (TPSA) is 65.0 Å². The molecule has 1 aromatic carbocycles. The van der Waals surface area contributed by atoms with Gasteiger partial charge in [-0.3, -0.25) is 4.99 Å². The predicted octanol–water partition coefficient (Wildman–Crippen LogP) is 3.08. The lowest BCUT2D eigenvalue weighted by Crippen LogP contribution is -2.49. The number of halogens is 1. The average Bonchev–Trinajstić information content (AvgIpc) is 3.30. The van der Waals surface area contributed by atoms with Crippen LogP contribution in [0.1, 0.15) is 24.8 Å². The number of likely N-dealkylation sites (tertiary alicyclic amines) is 1. The molecule has 0 aliphatic carbocycles. The number of aliphatic imine (C=N–C) groups is 1. The summed E-state index contributed by atoms with van der Waals surface area (Å²) in [6.07, 6.45) is 3.52. The Hall–Kier alpha value is -1.65. The van der Waals surface area contributed by atoms with Crippen molar-refractivity contribution in [3.63, 3.8) is 0 Å². The normalized spacial score (nSPS) is 20.2. The van der Waals surface area contributed by atoms with Crippen LogP contribution in [0.3, 0.4) is 0 Å². The second kappa shape index (κ2) is 12.0. The molecule has 8 heteroatoms. The quantitative estimate of drug-likeness (QED) is 0.327. The molecule has 0 radical (unpaired) electrons. The van der Waals surface area contributed by atoms with Crippen molar-refractivity contribution < 1.29 is 4.74 Å². The summed E-state index contributed by atoms with van der Waals surface area (Å²) >= 11 is 0. The summed E-state index contributed by atoms with van der Waals surface area (Å²) in [6, 6.07) is 11.0. The number of para-hydroxylation sites is 1. The number of hydrogen-bond donors (Lipinski definition) is 2. The van der Waals surface area contributed by atoms with E-state index in [1.807, 2.05) is 27.2 Å². The summed E-state index contributed by atoms with van der Waals surface area (Å²) in [6.45, 7) is 6.06. The third kappa shape index (κ3) is 6.45. The summed E-state index contributed by atoms with van der Waals surface area (Å²) in [7, 11) is 5.91. The zero-order valence-electron chi connectivity index (χ0n) is 19.5. The summed E-state index contributed by atoms with van der Waals surface area (Å²) < 4.78 is 5.53. The van der Waals surface area contributed by atoms with Crippen LogP contribution in [0.15, 0.2) is 35.3 Å². The van der Waals surface area contributed by atoms with E-state index in [0.29, 0.717) is 12.6 Å². The maximum absolute atomic E-state index is 5.53. The van der Waals surface area contributed by atoms with Gasteiger partial charge in [0.25, 0.3) is 0 Å². The number of pyridine rings is 1. The molecule has 176 valence electrons. The number of fused-ring (bicyclic) bond motifs is 1. The Bertz CT molecular complexity index is 891. The molecule has 2 N–H and O–H groups in total. The smallest absolute Gasteiger partial charge is 0.191 e. The molecule has 2 aliphatic heterocycles. The van der Waals surface area contributed by atoms with Crippen molar-refractivity contribution in [2.75, 3.05) is 58.9 Å². The van der Waals surface area contributed by atoms with Gasteiger partial charge in [0.15, 0.2) is 5.96 Å². The van der Waals surface area contributed by atoms with Crippen LogP contribution in [0, 0.1) is 5.92 Å². The molecule has 2 saturated heterocycles. The Labute approximate surface area is 209 Å². The zero-order valence-corrected chi connectivity index (χ0v) is 21.8. The molecule has 0 bridgehead atoms. The van der Waals surface area contributed by atoms with Crippen molar-refractivity contribution >= 4 is 46.7 Å². The Kier molecular flexibility index (Phi) is 9.36. The van der Waals surface area contributed by atoms with E-state index < -0.39 is 0 Å². The number of hydrogen-bond acceptors (Lipinski definition) is 5. The van der Waals surface area contributed by atoms with Gasteiger partial charge < -0.3 is 25.2 Å². The van der Waals surface area contributed by atoms with Gasteiger partial charge in [-0.25, -0.2) is 4.98 Å².